The molecule has 6 nitrogen and oxygen atoms in total. The maximum absolute atomic E-state index is 14.4. The van der Waals surface area contributed by atoms with Crippen LogP contribution in [0.2, 0.25) is 0 Å². The second-order valence-corrected chi connectivity index (χ2v) is 9.56. The highest BCUT2D eigenvalue weighted by Crippen LogP contribution is 2.39. The Kier molecular flexibility index (Phi) is 4.94. The molecule has 2 heterocycles. The van der Waals surface area contributed by atoms with Gasteiger partial charge in [-0.15, -0.1) is 0 Å². The van der Waals surface area contributed by atoms with Gasteiger partial charge >= 0.3 is 0 Å². The van der Waals surface area contributed by atoms with Crippen molar-refractivity contribution in [2.75, 3.05) is 32.9 Å². The average molecular weight is 384 g/mol. The van der Waals surface area contributed by atoms with E-state index in [1.54, 1.807) is 0 Å². The Morgan fingerprint density at radius 2 is 2.12 bits per heavy atom. The number of benzene rings is 1. The number of fused-ring (bicyclic) bond motifs is 1. The zero-order chi connectivity index (χ0) is 18.3. The number of ether oxygens (including phenoxy) is 2. The summed E-state index contributed by atoms with van der Waals surface area (Å²) in [6, 6.07) is 3.95. The van der Waals surface area contributed by atoms with E-state index in [0.29, 0.717) is 38.8 Å². The molecule has 8 heteroatoms. The molecule has 2 N–H and O–H groups in total. The van der Waals surface area contributed by atoms with Crippen molar-refractivity contribution in [2.24, 2.45) is 23.5 Å². The van der Waals surface area contributed by atoms with Crippen molar-refractivity contribution < 1.29 is 22.3 Å². The van der Waals surface area contributed by atoms with Gasteiger partial charge in [-0.2, -0.15) is 4.31 Å². The molecule has 4 unspecified atom stereocenters. The maximum atomic E-state index is 14.4. The van der Waals surface area contributed by atoms with Gasteiger partial charge in [0.15, 0.2) is 11.6 Å². The fraction of sp³-hybridized carbons (Fsp3) is 0.667. The summed E-state index contributed by atoms with van der Waals surface area (Å²) in [7, 11) is -3.71. The molecule has 4 atom stereocenters. The average Bonchev–Trinajstić information content (AvgIpc) is 3.33. The van der Waals surface area contributed by atoms with Crippen LogP contribution in [0.25, 0.3) is 0 Å². The summed E-state index contributed by atoms with van der Waals surface area (Å²) < 4.78 is 52.3. The van der Waals surface area contributed by atoms with E-state index in [9.17, 15) is 12.8 Å². The third-order valence-corrected chi connectivity index (χ3v) is 7.75. The molecule has 2 saturated heterocycles. The highest BCUT2D eigenvalue weighted by atomic mass is 32.2. The Bertz CT molecular complexity index is 766. The van der Waals surface area contributed by atoms with E-state index < -0.39 is 15.8 Å². The Labute approximate surface area is 153 Å². The lowest BCUT2D eigenvalue weighted by molar-refractivity contribution is 0.165. The van der Waals surface area contributed by atoms with Crippen molar-refractivity contribution in [2.45, 2.75) is 30.2 Å². The fourth-order valence-electron chi connectivity index (χ4n) is 4.29. The van der Waals surface area contributed by atoms with Crippen molar-refractivity contribution in [1.29, 1.82) is 0 Å². The Balaban J connectivity index is 1.46. The van der Waals surface area contributed by atoms with E-state index in [1.807, 2.05) is 0 Å². The van der Waals surface area contributed by atoms with E-state index in [2.05, 4.69) is 0 Å². The monoisotopic (exact) mass is 384 g/mol. The first-order valence-electron chi connectivity index (χ1n) is 9.21. The molecule has 0 aromatic heterocycles. The molecule has 3 fully saturated rings. The van der Waals surface area contributed by atoms with Crippen LogP contribution in [0, 0.1) is 23.6 Å². The molecule has 2 aliphatic heterocycles. The van der Waals surface area contributed by atoms with Gasteiger partial charge in [0.25, 0.3) is 0 Å². The molecule has 4 rings (SSSR count). The Hall–Kier alpha value is -1.22. The van der Waals surface area contributed by atoms with E-state index >= 15 is 0 Å². The summed E-state index contributed by atoms with van der Waals surface area (Å²) in [5.41, 5.74) is 6.09. The summed E-state index contributed by atoms with van der Waals surface area (Å²) in [4.78, 5) is -0.0277. The summed E-state index contributed by atoms with van der Waals surface area (Å²) in [5, 5.41) is 0. The molecule has 1 aliphatic carbocycles. The summed E-state index contributed by atoms with van der Waals surface area (Å²) in [6.45, 7) is 2.59. The van der Waals surface area contributed by atoms with E-state index in [0.717, 1.165) is 25.3 Å². The van der Waals surface area contributed by atoms with Crippen LogP contribution in [-0.2, 0) is 14.8 Å². The third-order valence-electron chi connectivity index (χ3n) is 5.92. The van der Waals surface area contributed by atoms with Crippen LogP contribution in [-0.4, -0.2) is 51.7 Å². The first-order valence-corrected chi connectivity index (χ1v) is 10.6. The lowest BCUT2D eigenvalue weighted by Crippen LogP contribution is -2.33. The number of halogens is 1. The van der Waals surface area contributed by atoms with Crippen molar-refractivity contribution in [3.05, 3.63) is 24.0 Å². The van der Waals surface area contributed by atoms with Crippen molar-refractivity contribution in [3.8, 4) is 5.75 Å². The zero-order valence-corrected chi connectivity index (χ0v) is 15.5. The van der Waals surface area contributed by atoms with Gasteiger partial charge in [-0.05, 0) is 49.3 Å². The Morgan fingerprint density at radius 3 is 2.81 bits per heavy atom. The number of hydrogen-bond acceptors (Lipinski definition) is 5. The normalized spacial score (nSPS) is 32.1. The minimum atomic E-state index is -3.71. The highest BCUT2D eigenvalue weighted by Gasteiger charge is 2.45. The lowest BCUT2D eigenvalue weighted by atomic mass is 9.98. The van der Waals surface area contributed by atoms with Gasteiger partial charge in [0.05, 0.1) is 18.1 Å². The zero-order valence-electron chi connectivity index (χ0n) is 14.6. The predicted molar refractivity (Wildman–Crippen MR) is 93.8 cm³/mol. The maximum Gasteiger partial charge on any atom is 0.243 e. The van der Waals surface area contributed by atoms with Gasteiger partial charge < -0.3 is 15.2 Å². The third kappa shape index (κ3) is 3.35. The predicted octanol–water partition coefficient (Wildman–Crippen LogP) is 1.60. The van der Waals surface area contributed by atoms with Gasteiger partial charge in [-0.3, -0.25) is 0 Å². The summed E-state index contributed by atoms with van der Waals surface area (Å²) >= 11 is 0. The van der Waals surface area contributed by atoms with Gasteiger partial charge in [-0.1, -0.05) is 0 Å². The molecule has 0 radical (unpaired) electrons. The molecule has 0 amide bonds. The van der Waals surface area contributed by atoms with Gasteiger partial charge in [0.2, 0.25) is 10.0 Å². The molecule has 144 valence electrons. The van der Waals surface area contributed by atoms with Crippen molar-refractivity contribution in [1.82, 2.24) is 4.31 Å². The van der Waals surface area contributed by atoms with Crippen LogP contribution < -0.4 is 10.5 Å². The van der Waals surface area contributed by atoms with E-state index in [-0.39, 0.29) is 28.5 Å². The second-order valence-electron chi connectivity index (χ2n) is 7.62. The minimum Gasteiger partial charge on any atom is -0.490 e. The first kappa shape index (κ1) is 18.2. The largest absolute Gasteiger partial charge is 0.490 e. The van der Waals surface area contributed by atoms with Crippen molar-refractivity contribution in [3.63, 3.8) is 0 Å². The van der Waals surface area contributed by atoms with Crippen LogP contribution in [0.3, 0.4) is 0 Å². The number of rotatable bonds is 5. The Morgan fingerprint density at radius 1 is 1.27 bits per heavy atom. The molecule has 1 aromatic carbocycles. The number of sulfonamides is 1. The van der Waals surface area contributed by atoms with E-state index in [4.69, 9.17) is 15.2 Å². The second kappa shape index (κ2) is 7.07. The number of hydrogen-bond donors (Lipinski definition) is 1. The quantitative estimate of drug-likeness (QED) is 0.834. The van der Waals surface area contributed by atoms with Crippen LogP contribution in [0.4, 0.5) is 4.39 Å². The first-order chi connectivity index (χ1) is 12.4. The molecule has 1 saturated carbocycles. The van der Waals surface area contributed by atoms with Crippen LogP contribution in [0.1, 0.15) is 19.3 Å². The smallest absolute Gasteiger partial charge is 0.243 e. The molecular formula is C18H25FN2O4S. The summed E-state index contributed by atoms with van der Waals surface area (Å²) in [6.07, 6.45) is 2.81. The molecular weight excluding hydrogens is 359 g/mol. The van der Waals surface area contributed by atoms with Gasteiger partial charge in [0, 0.05) is 31.7 Å². The van der Waals surface area contributed by atoms with Crippen LogP contribution >= 0.6 is 0 Å². The van der Waals surface area contributed by atoms with E-state index in [1.165, 1.54) is 16.4 Å². The fourth-order valence-corrected chi connectivity index (χ4v) is 5.84. The van der Waals surface area contributed by atoms with Gasteiger partial charge in [-0.25, -0.2) is 12.8 Å². The van der Waals surface area contributed by atoms with Crippen LogP contribution in [0.15, 0.2) is 23.1 Å². The van der Waals surface area contributed by atoms with Gasteiger partial charge in [0.1, 0.15) is 0 Å². The van der Waals surface area contributed by atoms with Crippen LogP contribution in [0.5, 0.6) is 5.75 Å². The molecule has 0 spiro atoms. The standard InChI is InChI=1S/C18H25FN2O4S/c19-16-7-14(2-4-18(16)25-11-12-5-6-24-10-12)26(22,23)21-8-13-1-3-17(20)15(13)9-21/h2,4,7,12-13,15,17H,1,3,5-6,8-11,20H2. The topological polar surface area (TPSA) is 81.9 Å². The van der Waals surface area contributed by atoms with Crippen molar-refractivity contribution >= 4 is 10.0 Å². The molecule has 1 aromatic rings. The molecule has 26 heavy (non-hydrogen) atoms. The molecule has 3 aliphatic rings. The molecule has 0 bridgehead atoms. The number of nitrogens with two attached hydrogens (primary N) is 1. The SMILES string of the molecule is NC1CCC2CN(S(=O)(=O)c3ccc(OCC4CCOC4)c(F)c3)CC12. The number of nitrogens with zero attached hydrogens (tertiary/aromatic N) is 1. The summed E-state index contributed by atoms with van der Waals surface area (Å²) in [5.74, 6) is 0.218. The lowest BCUT2D eigenvalue weighted by Gasteiger charge is -2.19. The minimum absolute atomic E-state index is 0.0277. The highest BCUT2D eigenvalue weighted by molar-refractivity contribution is 7.89.